The standard InChI is InChI=1S/C21H32O2/c1-15(2)20-17(11-8-12-18(20)22-6)10-7-9-16(3)13-14-19-21(4,5)23-19/h8-9,11-12,15,19H,7,10,13-14H2,1-6H3/b16-9+/t19-/m0/s1. The Bertz CT molecular complexity index is 555. The molecule has 2 rings (SSSR count). The van der Waals surface area contributed by atoms with Crippen LogP contribution in [0.5, 0.6) is 5.75 Å². The predicted molar refractivity (Wildman–Crippen MR) is 97.3 cm³/mol. The molecule has 1 atom stereocenters. The van der Waals surface area contributed by atoms with Crippen molar-refractivity contribution in [3.05, 3.63) is 41.0 Å². The van der Waals surface area contributed by atoms with E-state index in [1.54, 1.807) is 7.11 Å². The quantitative estimate of drug-likeness (QED) is 0.456. The van der Waals surface area contributed by atoms with E-state index in [4.69, 9.17) is 9.47 Å². The van der Waals surface area contributed by atoms with Crippen LogP contribution in [-0.2, 0) is 11.2 Å². The van der Waals surface area contributed by atoms with Gasteiger partial charge in [0.1, 0.15) is 5.75 Å². The van der Waals surface area contributed by atoms with Crippen LogP contribution in [0.2, 0.25) is 0 Å². The summed E-state index contributed by atoms with van der Waals surface area (Å²) in [7, 11) is 1.76. The average molecular weight is 316 g/mol. The van der Waals surface area contributed by atoms with E-state index in [9.17, 15) is 0 Å². The molecule has 1 heterocycles. The van der Waals surface area contributed by atoms with Gasteiger partial charge < -0.3 is 9.47 Å². The Hall–Kier alpha value is -1.28. The number of epoxide rings is 1. The Kier molecular flexibility index (Phi) is 5.91. The summed E-state index contributed by atoms with van der Waals surface area (Å²) in [4.78, 5) is 0. The maximum absolute atomic E-state index is 5.66. The first-order valence-corrected chi connectivity index (χ1v) is 8.84. The smallest absolute Gasteiger partial charge is 0.122 e. The van der Waals surface area contributed by atoms with E-state index >= 15 is 0 Å². The zero-order chi connectivity index (χ0) is 17.0. The molecule has 0 bridgehead atoms. The summed E-state index contributed by atoms with van der Waals surface area (Å²) in [6.45, 7) is 11.1. The molecule has 0 aliphatic carbocycles. The molecule has 1 saturated heterocycles. The van der Waals surface area contributed by atoms with Crippen LogP contribution in [0, 0.1) is 0 Å². The van der Waals surface area contributed by atoms with Gasteiger partial charge in [-0.15, -0.1) is 0 Å². The minimum atomic E-state index is 0.118. The van der Waals surface area contributed by atoms with E-state index in [0.717, 1.165) is 31.4 Å². The number of hydrogen-bond acceptors (Lipinski definition) is 2. The average Bonchev–Trinajstić information content (AvgIpc) is 3.11. The minimum Gasteiger partial charge on any atom is -0.496 e. The minimum absolute atomic E-state index is 0.118. The molecule has 1 fully saturated rings. The molecule has 0 spiro atoms. The third-order valence-corrected chi connectivity index (χ3v) is 4.83. The van der Waals surface area contributed by atoms with Gasteiger partial charge in [-0.25, -0.2) is 0 Å². The fourth-order valence-corrected chi connectivity index (χ4v) is 3.31. The fourth-order valence-electron chi connectivity index (χ4n) is 3.31. The molecule has 23 heavy (non-hydrogen) atoms. The van der Waals surface area contributed by atoms with Gasteiger partial charge in [0.25, 0.3) is 0 Å². The summed E-state index contributed by atoms with van der Waals surface area (Å²) in [5.74, 6) is 1.51. The van der Waals surface area contributed by atoms with Crippen molar-refractivity contribution >= 4 is 0 Å². The Morgan fingerprint density at radius 2 is 2.04 bits per heavy atom. The predicted octanol–water partition coefficient (Wildman–Crippen LogP) is 5.66. The van der Waals surface area contributed by atoms with Crippen molar-refractivity contribution in [2.24, 2.45) is 0 Å². The maximum atomic E-state index is 5.66. The monoisotopic (exact) mass is 316 g/mol. The maximum Gasteiger partial charge on any atom is 0.122 e. The zero-order valence-electron chi connectivity index (χ0n) is 15.6. The Labute approximate surface area is 141 Å². The Morgan fingerprint density at radius 1 is 1.35 bits per heavy atom. The number of aryl methyl sites for hydroxylation is 1. The summed E-state index contributed by atoms with van der Waals surface area (Å²) in [5, 5.41) is 0. The van der Waals surface area contributed by atoms with Gasteiger partial charge in [0.15, 0.2) is 0 Å². The van der Waals surface area contributed by atoms with E-state index in [1.165, 1.54) is 16.7 Å². The molecule has 1 aliphatic rings. The Morgan fingerprint density at radius 3 is 2.61 bits per heavy atom. The first kappa shape index (κ1) is 18.1. The molecule has 0 amide bonds. The van der Waals surface area contributed by atoms with Crippen LogP contribution >= 0.6 is 0 Å². The molecule has 1 aromatic carbocycles. The number of methoxy groups -OCH3 is 1. The van der Waals surface area contributed by atoms with Crippen LogP contribution in [-0.4, -0.2) is 18.8 Å². The van der Waals surface area contributed by atoms with Crippen LogP contribution in [0.3, 0.4) is 0 Å². The lowest BCUT2D eigenvalue weighted by Gasteiger charge is -2.16. The molecule has 0 aromatic heterocycles. The van der Waals surface area contributed by atoms with Crippen LogP contribution in [0.4, 0.5) is 0 Å². The lowest BCUT2D eigenvalue weighted by molar-refractivity contribution is 0.320. The van der Waals surface area contributed by atoms with Gasteiger partial charge in [0.05, 0.1) is 18.8 Å². The molecular formula is C21H32O2. The first-order chi connectivity index (χ1) is 10.8. The van der Waals surface area contributed by atoms with E-state index in [-0.39, 0.29) is 5.60 Å². The van der Waals surface area contributed by atoms with Gasteiger partial charge in [0.2, 0.25) is 0 Å². The number of benzene rings is 1. The highest BCUT2D eigenvalue weighted by molar-refractivity contribution is 5.42. The summed E-state index contributed by atoms with van der Waals surface area (Å²) in [6, 6.07) is 6.40. The van der Waals surface area contributed by atoms with Gasteiger partial charge in [-0.1, -0.05) is 37.6 Å². The van der Waals surface area contributed by atoms with E-state index in [2.05, 4.69) is 58.9 Å². The van der Waals surface area contributed by atoms with Gasteiger partial charge >= 0.3 is 0 Å². The molecule has 128 valence electrons. The summed E-state index contributed by atoms with van der Waals surface area (Å²) in [5.41, 5.74) is 4.36. The number of allylic oxidation sites excluding steroid dienone is 2. The second kappa shape index (κ2) is 7.53. The lowest BCUT2D eigenvalue weighted by atomic mass is 9.93. The summed E-state index contributed by atoms with van der Waals surface area (Å²) in [6.07, 6.45) is 7.30. The SMILES string of the molecule is COc1cccc(CC/C=C(\C)CC[C@@H]2OC2(C)C)c1C(C)C. The molecular weight excluding hydrogens is 284 g/mol. The molecule has 0 N–H and O–H groups in total. The third-order valence-electron chi connectivity index (χ3n) is 4.83. The van der Waals surface area contributed by atoms with Crippen LogP contribution in [0.15, 0.2) is 29.8 Å². The lowest BCUT2D eigenvalue weighted by Crippen LogP contribution is -2.02. The fraction of sp³-hybridized carbons (Fsp3) is 0.619. The number of rotatable bonds is 8. The van der Waals surface area contributed by atoms with Crippen LogP contribution in [0.25, 0.3) is 0 Å². The first-order valence-electron chi connectivity index (χ1n) is 8.84. The third kappa shape index (κ3) is 4.84. The number of ether oxygens (including phenoxy) is 2. The number of hydrogen-bond donors (Lipinski definition) is 0. The van der Waals surface area contributed by atoms with Crippen molar-refractivity contribution in [1.29, 1.82) is 0 Å². The highest BCUT2D eigenvalue weighted by atomic mass is 16.6. The molecule has 1 aromatic rings. The van der Waals surface area contributed by atoms with Crippen LogP contribution in [0.1, 0.15) is 70.9 Å². The largest absolute Gasteiger partial charge is 0.496 e. The van der Waals surface area contributed by atoms with Gasteiger partial charge in [-0.2, -0.15) is 0 Å². The molecule has 0 unspecified atom stereocenters. The summed E-state index contributed by atoms with van der Waals surface area (Å²) >= 11 is 0. The van der Waals surface area contributed by atoms with Crippen molar-refractivity contribution in [2.75, 3.05) is 7.11 Å². The van der Waals surface area contributed by atoms with Crippen molar-refractivity contribution in [1.82, 2.24) is 0 Å². The molecule has 2 heteroatoms. The van der Waals surface area contributed by atoms with Crippen molar-refractivity contribution in [3.8, 4) is 5.75 Å². The second-order valence-corrected chi connectivity index (χ2v) is 7.53. The highest BCUT2D eigenvalue weighted by Crippen LogP contribution is 2.39. The van der Waals surface area contributed by atoms with Crippen LogP contribution < -0.4 is 4.74 Å². The molecule has 0 saturated carbocycles. The topological polar surface area (TPSA) is 21.8 Å². The van der Waals surface area contributed by atoms with Gasteiger partial charge in [0, 0.05) is 0 Å². The van der Waals surface area contributed by atoms with Crippen molar-refractivity contribution < 1.29 is 9.47 Å². The normalized spacial score (nSPS) is 20.0. The van der Waals surface area contributed by atoms with Gasteiger partial charge in [-0.3, -0.25) is 0 Å². The second-order valence-electron chi connectivity index (χ2n) is 7.53. The molecule has 1 aliphatic heterocycles. The van der Waals surface area contributed by atoms with E-state index in [1.807, 2.05) is 0 Å². The van der Waals surface area contributed by atoms with E-state index < -0.39 is 0 Å². The Balaban J connectivity index is 1.89. The summed E-state index contributed by atoms with van der Waals surface area (Å²) < 4.78 is 11.2. The van der Waals surface area contributed by atoms with Gasteiger partial charge in [-0.05, 0) is 69.6 Å². The zero-order valence-corrected chi connectivity index (χ0v) is 15.6. The molecule has 2 nitrogen and oxygen atoms in total. The molecule has 0 radical (unpaired) electrons. The van der Waals surface area contributed by atoms with E-state index in [0.29, 0.717) is 12.0 Å². The van der Waals surface area contributed by atoms with Crippen molar-refractivity contribution in [3.63, 3.8) is 0 Å². The van der Waals surface area contributed by atoms with Crippen molar-refractivity contribution in [2.45, 2.75) is 77.9 Å². The highest BCUT2D eigenvalue weighted by Gasteiger charge is 2.46.